The SMILES string of the molecule is CC(C)C(C)NC(=O)N(CC(=O)O)C(C)(C)C. The van der Waals surface area contributed by atoms with Crippen molar-refractivity contribution in [3.05, 3.63) is 0 Å². The average Bonchev–Trinajstić information content (AvgIpc) is 2.11. The predicted octanol–water partition coefficient (Wildman–Crippen LogP) is 1.93. The van der Waals surface area contributed by atoms with E-state index in [4.69, 9.17) is 5.11 Å². The van der Waals surface area contributed by atoms with Crippen LogP contribution in [-0.4, -0.2) is 40.1 Å². The van der Waals surface area contributed by atoms with Gasteiger partial charge in [0.2, 0.25) is 0 Å². The third-order valence-electron chi connectivity index (χ3n) is 2.70. The van der Waals surface area contributed by atoms with Crippen LogP contribution >= 0.6 is 0 Å². The fourth-order valence-electron chi connectivity index (χ4n) is 1.19. The summed E-state index contributed by atoms with van der Waals surface area (Å²) < 4.78 is 0. The highest BCUT2D eigenvalue weighted by atomic mass is 16.4. The predicted molar refractivity (Wildman–Crippen MR) is 66.9 cm³/mol. The number of amides is 2. The number of carbonyl (C=O) groups is 2. The van der Waals surface area contributed by atoms with E-state index < -0.39 is 11.5 Å². The van der Waals surface area contributed by atoms with Crippen molar-refractivity contribution in [2.75, 3.05) is 6.54 Å². The number of hydrogen-bond acceptors (Lipinski definition) is 2. The molecule has 0 saturated heterocycles. The molecule has 0 aliphatic carbocycles. The van der Waals surface area contributed by atoms with Crippen LogP contribution in [0.3, 0.4) is 0 Å². The monoisotopic (exact) mass is 244 g/mol. The first-order chi connectivity index (χ1) is 7.55. The van der Waals surface area contributed by atoms with Crippen LogP contribution in [0.25, 0.3) is 0 Å². The lowest BCUT2D eigenvalue weighted by Crippen LogP contribution is -2.54. The normalized spacial score (nSPS) is 13.4. The summed E-state index contributed by atoms with van der Waals surface area (Å²) >= 11 is 0. The van der Waals surface area contributed by atoms with Crippen LogP contribution in [0.2, 0.25) is 0 Å². The maximum atomic E-state index is 12.0. The van der Waals surface area contributed by atoms with Gasteiger partial charge in [-0.2, -0.15) is 0 Å². The third-order valence-corrected chi connectivity index (χ3v) is 2.70. The summed E-state index contributed by atoms with van der Waals surface area (Å²) in [4.78, 5) is 24.1. The van der Waals surface area contributed by atoms with Crippen LogP contribution in [0.1, 0.15) is 41.5 Å². The Hall–Kier alpha value is -1.26. The molecule has 0 fully saturated rings. The van der Waals surface area contributed by atoms with E-state index in [9.17, 15) is 9.59 Å². The fourth-order valence-corrected chi connectivity index (χ4v) is 1.19. The molecular formula is C12H24N2O3. The van der Waals surface area contributed by atoms with E-state index in [-0.39, 0.29) is 18.6 Å². The van der Waals surface area contributed by atoms with Crippen LogP contribution in [0.4, 0.5) is 4.79 Å². The van der Waals surface area contributed by atoms with Gasteiger partial charge in [0, 0.05) is 11.6 Å². The van der Waals surface area contributed by atoms with Crippen LogP contribution in [0.15, 0.2) is 0 Å². The minimum absolute atomic E-state index is 0.0149. The van der Waals surface area contributed by atoms with Gasteiger partial charge in [0.15, 0.2) is 0 Å². The second kappa shape index (κ2) is 5.89. The molecule has 0 rings (SSSR count). The molecule has 0 aromatic heterocycles. The number of hydrogen-bond donors (Lipinski definition) is 2. The van der Waals surface area contributed by atoms with E-state index in [0.29, 0.717) is 5.92 Å². The Labute approximate surface area is 103 Å². The van der Waals surface area contributed by atoms with E-state index in [1.807, 2.05) is 41.5 Å². The molecule has 0 radical (unpaired) electrons. The number of urea groups is 1. The quantitative estimate of drug-likeness (QED) is 0.793. The lowest BCUT2D eigenvalue weighted by atomic mass is 10.1. The summed E-state index contributed by atoms with van der Waals surface area (Å²) in [6, 6.07) is -0.317. The van der Waals surface area contributed by atoms with Gasteiger partial charge in [0.1, 0.15) is 6.54 Å². The van der Waals surface area contributed by atoms with Crippen LogP contribution in [0.5, 0.6) is 0 Å². The van der Waals surface area contributed by atoms with Crippen molar-refractivity contribution in [3.63, 3.8) is 0 Å². The number of nitrogens with zero attached hydrogens (tertiary/aromatic N) is 1. The molecule has 0 aliphatic rings. The van der Waals surface area contributed by atoms with Crippen molar-refractivity contribution in [1.29, 1.82) is 0 Å². The second-order valence-electron chi connectivity index (χ2n) is 5.63. The second-order valence-corrected chi connectivity index (χ2v) is 5.63. The van der Waals surface area contributed by atoms with Crippen molar-refractivity contribution < 1.29 is 14.7 Å². The lowest BCUT2D eigenvalue weighted by Gasteiger charge is -2.35. The largest absolute Gasteiger partial charge is 0.480 e. The first-order valence-corrected chi connectivity index (χ1v) is 5.85. The molecule has 0 aliphatic heterocycles. The summed E-state index contributed by atoms with van der Waals surface area (Å²) in [6.45, 7) is 11.1. The summed E-state index contributed by atoms with van der Waals surface area (Å²) in [5.41, 5.74) is -0.515. The molecule has 0 aromatic rings. The Balaban J connectivity index is 4.71. The number of rotatable bonds is 4. The first kappa shape index (κ1) is 15.7. The molecule has 0 aromatic carbocycles. The number of carboxylic acids is 1. The molecule has 0 heterocycles. The van der Waals surface area contributed by atoms with E-state index in [0.717, 1.165) is 0 Å². The highest BCUT2D eigenvalue weighted by molar-refractivity contribution is 5.80. The number of aliphatic carboxylic acids is 1. The first-order valence-electron chi connectivity index (χ1n) is 5.85. The molecule has 17 heavy (non-hydrogen) atoms. The molecule has 5 nitrogen and oxygen atoms in total. The number of carboxylic acid groups (broad SMARTS) is 1. The highest BCUT2D eigenvalue weighted by Gasteiger charge is 2.29. The minimum Gasteiger partial charge on any atom is -0.480 e. The Morgan fingerprint density at radius 1 is 1.24 bits per heavy atom. The third kappa shape index (κ3) is 5.56. The summed E-state index contributed by atoms with van der Waals surface area (Å²) in [7, 11) is 0. The Morgan fingerprint density at radius 2 is 1.71 bits per heavy atom. The topological polar surface area (TPSA) is 69.6 Å². The standard InChI is InChI=1S/C12H24N2O3/c1-8(2)9(3)13-11(17)14(7-10(15)16)12(4,5)6/h8-9H,7H2,1-6H3,(H,13,17)(H,15,16). The van der Waals surface area contributed by atoms with Gasteiger partial charge in [-0.1, -0.05) is 13.8 Å². The molecule has 0 saturated carbocycles. The minimum atomic E-state index is -1.01. The Bertz CT molecular complexity index is 282. The van der Waals surface area contributed by atoms with E-state index in [1.165, 1.54) is 4.90 Å². The van der Waals surface area contributed by atoms with Gasteiger partial charge < -0.3 is 15.3 Å². The van der Waals surface area contributed by atoms with Crippen molar-refractivity contribution in [3.8, 4) is 0 Å². The average molecular weight is 244 g/mol. The van der Waals surface area contributed by atoms with Crippen molar-refractivity contribution in [2.24, 2.45) is 5.92 Å². The maximum Gasteiger partial charge on any atom is 0.323 e. The van der Waals surface area contributed by atoms with E-state index >= 15 is 0 Å². The Morgan fingerprint density at radius 3 is 2.00 bits per heavy atom. The van der Waals surface area contributed by atoms with Gasteiger partial charge in [0.05, 0.1) is 0 Å². The zero-order valence-corrected chi connectivity index (χ0v) is 11.6. The summed E-state index contributed by atoms with van der Waals surface area (Å²) in [6.07, 6.45) is 0. The zero-order chi connectivity index (χ0) is 13.8. The van der Waals surface area contributed by atoms with Gasteiger partial charge in [-0.15, -0.1) is 0 Å². The van der Waals surface area contributed by atoms with Crippen LogP contribution in [0, 0.1) is 5.92 Å². The van der Waals surface area contributed by atoms with E-state index in [2.05, 4.69) is 5.32 Å². The van der Waals surface area contributed by atoms with Gasteiger partial charge in [0.25, 0.3) is 0 Å². The number of carbonyl (C=O) groups excluding carboxylic acids is 1. The van der Waals surface area contributed by atoms with Crippen LogP contribution in [-0.2, 0) is 4.79 Å². The summed E-state index contributed by atoms with van der Waals surface area (Å²) in [5.74, 6) is -0.696. The van der Waals surface area contributed by atoms with Crippen molar-refractivity contribution in [2.45, 2.75) is 53.1 Å². The van der Waals surface area contributed by atoms with Gasteiger partial charge in [-0.25, -0.2) is 4.79 Å². The molecule has 100 valence electrons. The van der Waals surface area contributed by atoms with Gasteiger partial charge >= 0.3 is 12.0 Å². The number of nitrogens with one attached hydrogen (secondary N) is 1. The molecule has 1 unspecified atom stereocenters. The summed E-state index contributed by atoms with van der Waals surface area (Å²) in [5, 5.41) is 11.6. The van der Waals surface area contributed by atoms with E-state index in [1.54, 1.807) is 0 Å². The lowest BCUT2D eigenvalue weighted by molar-refractivity contribution is -0.138. The molecule has 5 heteroatoms. The van der Waals surface area contributed by atoms with Crippen molar-refractivity contribution in [1.82, 2.24) is 10.2 Å². The van der Waals surface area contributed by atoms with Gasteiger partial charge in [-0.05, 0) is 33.6 Å². The Kier molecular flexibility index (Phi) is 5.45. The molecule has 1 atom stereocenters. The molecule has 0 spiro atoms. The molecule has 0 bridgehead atoms. The molecule has 2 N–H and O–H groups in total. The van der Waals surface area contributed by atoms with Gasteiger partial charge in [-0.3, -0.25) is 4.79 Å². The maximum absolute atomic E-state index is 12.0. The smallest absolute Gasteiger partial charge is 0.323 e. The van der Waals surface area contributed by atoms with Crippen molar-refractivity contribution >= 4 is 12.0 Å². The molecule has 2 amide bonds. The molecular weight excluding hydrogens is 220 g/mol. The zero-order valence-electron chi connectivity index (χ0n) is 11.6. The fraction of sp³-hybridized carbons (Fsp3) is 0.833. The van der Waals surface area contributed by atoms with Crippen LogP contribution < -0.4 is 5.32 Å². The highest BCUT2D eigenvalue weighted by Crippen LogP contribution is 2.13.